The third-order valence-electron chi connectivity index (χ3n) is 1.95. The molecule has 0 heterocycles. The standard InChI is InChI=1S/C10H14NO6P/c1-10(11,7-16-18(13,14)15)9(12)17-8-5-3-2-4-6-8/h2-6H,7,11H2,1H3,(H2,13,14,15). The number of rotatable bonds is 5. The van der Waals surface area contributed by atoms with Crippen molar-refractivity contribution in [2.45, 2.75) is 12.5 Å². The van der Waals surface area contributed by atoms with Crippen LogP contribution in [0.3, 0.4) is 0 Å². The van der Waals surface area contributed by atoms with Crippen LogP contribution in [0.15, 0.2) is 30.3 Å². The Morgan fingerprint density at radius 3 is 2.44 bits per heavy atom. The van der Waals surface area contributed by atoms with Crippen molar-refractivity contribution in [2.24, 2.45) is 5.73 Å². The Morgan fingerprint density at radius 1 is 1.39 bits per heavy atom. The molecule has 0 saturated heterocycles. The Morgan fingerprint density at radius 2 is 1.94 bits per heavy atom. The Hall–Kier alpha value is -1.24. The van der Waals surface area contributed by atoms with Gasteiger partial charge in [-0.1, -0.05) is 18.2 Å². The fourth-order valence-electron chi connectivity index (χ4n) is 0.989. The minimum absolute atomic E-state index is 0.287. The zero-order valence-corrected chi connectivity index (χ0v) is 10.5. The van der Waals surface area contributed by atoms with E-state index < -0.39 is 25.9 Å². The fraction of sp³-hybridized carbons (Fsp3) is 0.300. The van der Waals surface area contributed by atoms with Gasteiger partial charge in [-0.15, -0.1) is 0 Å². The highest BCUT2D eigenvalue weighted by molar-refractivity contribution is 7.46. The van der Waals surface area contributed by atoms with Crippen LogP contribution in [0, 0.1) is 0 Å². The van der Waals surface area contributed by atoms with Gasteiger partial charge in [-0.2, -0.15) is 0 Å². The van der Waals surface area contributed by atoms with Crippen molar-refractivity contribution >= 4 is 13.8 Å². The highest BCUT2D eigenvalue weighted by Gasteiger charge is 2.34. The number of para-hydroxylation sites is 1. The summed E-state index contributed by atoms with van der Waals surface area (Å²) in [6.45, 7) is 0.608. The topological polar surface area (TPSA) is 119 Å². The van der Waals surface area contributed by atoms with Gasteiger partial charge in [-0.25, -0.2) is 9.36 Å². The van der Waals surface area contributed by atoms with Gasteiger partial charge in [0.05, 0.1) is 6.61 Å². The summed E-state index contributed by atoms with van der Waals surface area (Å²) in [6, 6.07) is 8.19. The number of benzene rings is 1. The first-order valence-electron chi connectivity index (χ1n) is 4.97. The van der Waals surface area contributed by atoms with E-state index in [1.807, 2.05) is 0 Å². The molecule has 4 N–H and O–H groups in total. The minimum atomic E-state index is -4.67. The Bertz CT molecular complexity index is 455. The average Bonchev–Trinajstić information content (AvgIpc) is 2.27. The zero-order valence-electron chi connectivity index (χ0n) is 9.65. The van der Waals surface area contributed by atoms with Gasteiger partial charge in [-0.3, -0.25) is 4.52 Å². The summed E-state index contributed by atoms with van der Waals surface area (Å²) in [4.78, 5) is 28.7. The van der Waals surface area contributed by atoms with Crippen LogP contribution in [-0.4, -0.2) is 27.9 Å². The Kier molecular flexibility index (Phi) is 4.61. The summed E-state index contributed by atoms with van der Waals surface area (Å²) in [5.41, 5.74) is 3.92. The van der Waals surface area contributed by atoms with Crippen molar-refractivity contribution < 1.29 is 28.4 Å². The lowest BCUT2D eigenvalue weighted by Crippen LogP contribution is -2.51. The van der Waals surface area contributed by atoms with Gasteiger partial charge in [0.1, 0.15) is 11.3 Å². The molecule has 0 bridgehead atoms. The summed E-state index contributed by atoms with van der Waals surface area (Å²) in [7, 11) is -4.67. The third-order valence-corrected chi connectivity index (χ3v) is 2.42. The van der Waals surface area contributed by atoms with Crippen LogP contribution in [-0.2, 0) is 13.9 Å². The second-order valence-corrected chi connectivity index (χ2v) is 5.12. The molecule has 0 radical (unpaired) electrons. The lowest BCUT2D eigenvalue weighted by molar-refractivity contribution is -0.141. The number of hydrogen-bond donors (Lipinski definition) is 3. The fourth-order valence-corrected chi connectivity index (χ4v) is 1.43. The molecule has 1 rings (SSSR count). The number of phosphoric ester groups is 1. The van der Waals surface area contributed by atoms with E-state index >= 15 is 0 Å². The smallest absolute Gasteiger partial charge is 0.425 e. The van der Waals surface area contributed by atoms with Crippen LogP contribution in [0.2, 0.25) is 0 Å². The van der Waals surface area contributed by atoms with Gasteiger partial charge in [0, 0.05) is 0 Å². The molecule has 18 heavy (non-hydrogen) atoms. The second-order valence-electron chi connectivity index (χ2n) is 3.88. The molecule has 100 valence electrons. The average molecular weight is 275 g/mol. The van der Waals surface area contributed by atoms with E-state index in [1.165, 1.54) is 6.92 Å². The maximum Gasteiger partial charge on any atom is 0.469 e. The molecule has 0 spiro atoms. The predicted octanol–water partition coefficient (Wildman–Crippen LogP) is 0.419. The maximum absolute atomic E-state index is 11.7. The first kappa shape index (κ1) is 14.8. The van der Waals surface area contributed by atoms with Crippen LogP contribution in [0.5, 0.6) is 5.75 Å². The second kappa shape index (κ2) is 5.60. The number of phosphoric acid groups is 1. The third kappa shape index (κ3) is 4.95. The van der Waals surface area contributed by atoms with Crippen molar-refractivity contribution in [1.29, 1.82) is 0 Å². The van der Waals surface area contributed by atoms with Crippen LogP contribution < -0.4 is 10.5 Å². The lowest BCUT2D eigenvalue weighted by Gasteiger charge is -2.22. The monoisotopic (exact) mass is 275 g/mol. The highest BCUT2D eigenvalue weighted by atomic mass is 31.2. The van der Waals surface area contributed by atoms with E-state index in [9.17, 15) is 9.36 Å². The van der Waals surface area contributed by atoms with Gasteiger partial charge in [0.15, 0.2) is 0 Å². The molecule has 7 nitrogen and oxygen atoms in total. The Balaban J connectivity index is 2.62. The van der Waals surface area contributed by atoms with Gasteiger partial charge in [0.2, 0.25) is 0 Å². The number of hydrogen-bond acceptors (Lipinski definition) is 5. The van der Waals surface area contributed by atoms with Crippen LogP contribution in [0.25, 0.3) is 0 Å². The maximum atomic E-state index is 11.7. The lowest BCUT2D eigenvalue weighted by atomic mass is 10.1. The van der Waals surface area contributed by atoms with Crippen LogP contribution >= 0.6 is 7.82 Å². The SMILES string of the molecule is CC(N)(COP(=O)(O)O)C(=O)Oc1ccccc1. The number of carbonyl (C=O) groups excluding carboxylic acids is 1. The Labute approximate surface area is 104 Å². The summed E-state index contributed by atoms with van der Waals surface area (Å²) < 4.78 is 19.7. The van der Waals surface area contributed by atoms with E-state index in [2.05, 4.69) is 4.52 Å². The van der Waals surface area contributed by atoms with Crippen molar-refractivity contribution in [3.05, 3.63) is 30.3 Å². The van der Waals surface area contributed by atoms with E-state index in [4.69, 9.17) is 20.3 Å². The molecule has 0 aliphatic heterocycles. The molecule has 8 heteroatoms. The highest BCUT2D eigenvalue weighted by Crippen LogP contribution is 2.36. The van der Waals surface area contributed by atoms with Gasteiger partial charge in [-0.05, 0) is 19.1 Å². The van der Waals surface area contributed by atoms with Crippen LogP contribution in [0.1, 0.15) is 6.92 Å². The van der Waals surface area contributed by atoms with E-state index in [0.717, 1.165) is 0 Å². The molecule has 1 aromatic carbocycles. The molecule has 0 aliphatic rings. The van der Waals surface area contributed by atoms with Gasteiger partial charge >= 0.3 is 13.8 Å². The molecule has 1 aromatic rings. The zero-order chi connectivity index (χ0) is 13.8. The number of carbonyl (C=O) groups is 1. The molecule has 1 atom stereocenters. The first-order chi connectivity index (χ1) is 8.21. The van der Waals surface area contributed by atoms with E-state index in [0.29, 0.717) is 0 Å². The van der Waals surface area contributed by atoms with Crippen molar-refractivity contribution in [1.82, 2.24) is 0 Å². The number of esters is 1. The molecular formula is C10H14NO6P. The van der Waals surface area contributed by atoms with Crippen LogP contribution in [0.4, 0.5) is 0 Å². The molecular weight excluding hydrogens is 261 g/mol. The van der Waals surface area contributed by atoms with E-state index in [1.54, 1.807) is 30.3 Å². The number of ether oxygens (including phenoxy) is 1. The molecule has 0 saturated carbocycles. The van der Waals surface area contributed by atoms with Gasteiger partial charge < -0.3 is 20.3 Å². The first-order valence-corrected chi connectivity index (χ1v) is 6.50. The molecule has 0 amide bonds. The normalized spacial score (nSPS) is 14.9. The predicted molar refractivity (Wildman–Crippen MR) is 62.7 cm³/mol. The minimum Gasteiger partial charge on any atom is -0.425 e. The summed E-state index contributed by atoms with van der Waals surface area (Å²) >= 11 is 0. The summed E-state index contributed by atoms with van der Waals surface area (Å²) in [5, 5.41) is 0. The van der Waals surface area contributed by atoms with Crippen molar-refractivity contribution in [2.75, 3.05) is 6.61 Å². The molecule has 1 unspecified atom stereocenters. The quantitative estimate of drug-likeness (QED) is 0.404. The molecule has 0 aliphatic carbocycles. The molecule has 0 aromatic heterocycles. The van der Waals surface area contributed by atoms with Crippen molar-refractivity contribution in [3.8, 4) is 5.75 Å². The molecule has 0 fully saturated rings. The summed E-state index contributed by atoms with van der Waals surface area (Å²) in [5.74, 6) is -0.558. The van der Waals surface area contributed by atoms with Crippen molar-refractivity contribution in [3.63, 3.8) is 0 Å². The largest absolute Gasteiger partial charge is 0.469 e. The summed E-state index contributed by atoms with van der Waals surface area (Å²) in [6.07, 6.45) is 0. The number of nitrogens with two attached hydrogens (primary N) is 1. The van der Waals surface area contributed by atoms with Gasteiger partial charge in [0.25, 0.3) is 0 Å². The van der Waals surface area contributed by atoms with E-state index in [-0.39, 0.29) is 5.75 Å².